The van der Waals surface area contributed by atoms with Crippen LogP contribution < -0.4 is 0 Å². The third kappa shape index (κ3) is 2.39. The smallest absolute Gasteiger partial charge is 0.377 e. The Balaban J connectivity index is 2.50. The summed E-state index contributed by atoms with van der Waals surface area (Å²) in [5, 5.41) is 18.3. The summed E-state index contributed by atoms with van der Waals surface area (Å²) in [4.78, 5) is 43.8. The molecule has 100 valence electrons. The first-order valence-corrected chi connectivity index (χ1v) is 5.49. The topological polar surface area (TPSA) is 109 Å². The van der Waals surface area contributed by atoms with Gasteiger partial charge in [-0.25, -0.2) is 9.59 Å². The number of carboxylic acids is 2. The van der Waals surface area contributed by atoms with Crippen molar-refractivity contribution < 1.29 is 29.4 Å². The van der Waals surface area contributed by atoms with Gasteiger partial charge >= 0.3 is 11.9 Å². The number of fused-ring (bicyclic) bond motifs is 1. The first-order chi connectivity index (χ1) is 9.40. The molecule has 0 aliphatic heterocycles. The zero-order valence-electron chi connectivity index (χ0n) is 9.99. The molecule has 6 nitrogen and oxygen atoms in total. The van der Waals surface area contributed by atoms with Crippen molar-refractivity contribution in [2.24, 2.45) is 0 Å². The molecule has 0 unspecified atom stereocenters. The summed E-state index contributed by atoms with van der Waals surface area (Å²) in [6.07, 6.45) is 0. The van der Waals surface area contributed by atoms with Gasteiger partial charge in [-0.2, -0.15) is 0 Å². The molecule has 2 rings (SSSR count). The zero-order chi connectivity index (χ0) is 14.9. The predicted molar refractivity (Wildman–Crippen MR) is 67.9 cm³/mol. The Morgan fingerprint density at radius 2 is 1.00 bits per heavy atom. The maximum atomic E-state index is 11.3. The van der Waals surface area contributed by atoms with Crippen LogP contribution in [0.3, 0.4) is 0 Å². The second kappa shape index (κ2) is 4.93. The number of hydrogen-bond donors (Lipinski definition) is 2. The summed E-state index contributed by atoms with van der Waals surface area (Å²) in [6, 6.07) is 8.30. The molecule has 0 bridgehead atoms. The van der Waals surface area contributed by atoms with E-state index in [1.807, 2.05) is 0 Å². The molecule has 20 heavy (non-hydrogen) atoms. The van der Waals surface area contributed by atoms with Crippen LogP contribution in [-0.4, -0.2) is 33.7 Å². The van der Waals surface area contributed by atoms with Crippen molar-refractivity contribution in [1.29, 1.82) is 0 Å². The second-order valence-corrected chi connectivity index (χ2v) is 4.05. The molecule has 0 atom stereocenters. The lowest BCUT2D eigenvalue weighted by Gasteiger charge is -2.03. The average molecular weight is 272 g/mol. The standard InChI is InChI=1S/C14H8O6/c15-11(13(17)18)9-3-1-7-5-10(12(16)14(19)20)4-2-8(7)6-9/h1-6H,(H,17,18)(H,19,20). The number of ketones is 2. The van der Waals surface area contributed by atoms with Gasteiger partial charge < -0.3 is 10.2 Å². The maximum Gasteiger partial charge on any atom is 0.377 e. The lowest BCUT2D eigenvalue weighted by atomic mass is 10.0. The lowest BCUT2D eigenvalue weighted by molar-refractivity contribution is -0.132. The van der Waals surface area contributed by atoms with Crippen LogP contribution in [0, 0.1) is 0 Å². The van der Waals surface area contributed by atoms with E-state index >= 15 is 0 Å². The molecule has 0 spiro atoms. The molecule has 0 aromatic heterocycles. The third-order valence-electron chi connectivity index (χ3n) is 2.75. The SMILES string of the molecule is O=C(O)C(=O)c1ccc2cc(C(=O)C(=O)O)ccc2c1. The molecule has 2 aromatic rings. The largest absolute Gasteiger partial charge is 0.475 e. The number of aliphatic carboxylic acids is 2. The van der Waals surface area contributed by atoms with Crippen LogP contribution in [0.1, 0.15) is 20.7 Å². The monoisotopic (exact) mass is 272 g/mol. The number of rotatable bonds is 4. The highest BCUT2D eigenvalue weighted by Crippen LogP contribution is 2.19. The van der Waals surface area contributed by atoms with Gasteiger partial charge in [-0.05, 0) is 22.9 Å². The molecule has 0 saturated carbocycles. The first kappa shape index (κ1) is 13.4. The minimum Gasteiger partial charge on any atom is -0.475 e. The number of carbonyl (C=O) groups is 4. The number of carboxylic acid groups (broad SMARTS) is 2. The van der Waals surface area contributed by atoms with E-state index in [9.17, 15) is 19.2 Å². The summed E-state index contributed by atoms with van der Waals surface area (Å²) in [7, 11) is 0. The van der Waals surface area contributed by atoms with Gasteiger partial charge in [-0.3, -0.25) is 9.59 Å². The summed E-state index contributed by atoms with van der Waals surface area (Å²) in [6.45, 7) is 0. The number of benzene rings is 2. The van der Waals surface area contributed by atoms with Crippen molar-refractivity contribution in [3.8, 4) is 0 Å². The molecule has 2 aromatic carbocycles. The normalized spacial score (nSPS) is 10.2. The molecule has 0 aliphatic rings. The van der Waals surface area contributed by atoms with E-state index in [2.05, 4.69) is 0 Å². The van der Waals surface area contributed by atoms with Gasteiger partial charge in [-0.1, -0.05) is 24.3 Å². The fourth-order valence-electron chi connectivity index (χ4n) is 1.78. The summed E-state index contributed by atoms with van der Waals surface area (Å²) in [5.74, 6) is -5.17. The highest BCUT2D eigenvalue weighted by atomic mass is 16.4. The molecule has 0 radical (unpaired) electrons. The quantitative estimate of drug-likeness (QED) is 0.642. The molecule has 0 aliphatic carbocycles. The van der Waals surface area contributed by atoms with Crippen molar-refractivity contribution in [1.82, 2.24) is 0 Å². The fraction of sp³-hybridized carbons (Fsp3) is 0. The molecular weight excluding hydrogens is 264 g/mol. The first-order valence-electron chi connectivity index (χ1n) is 5.49. The summed E-state index contributed by atoms with van der Waals surface area (Å²) < 4.78 is 0. The van der Waals surface area contributed by atoms with Crippen molar-refractivity contribution in [2.45, 2.75) is 0 Å². The Kier molecular flexibility index (Phi) is 3.30. The van der Waals surface area contributed by atoms with Gasteiger partial charge in [-0.15, -0.1) is 0 Å². The molecule has 6 heteroatoms. The van der Waals surface area contributed by atoms with Crippen LogP contribution in [0.15, 0.2) is 36.4 Å². The van der Waals surface area contributed by atoms with Crippen molar-refractivity contribution >= 4 is 34.3 Å². The van der Waals surface area contributed by atoms with Crippen LogP contribution in [0.2, 0.25) is 0 Å². The van der Waals surface area contributed by atoms with E-state index in [1.54, 1.807) is 0 Å². The second-order valence-electron chi connectivity index (χ2n) is 4.05. The maximum absolute atomic E-state index is 11.3. The van der Waals surface area contributed by atoms with Crippen LogP contribution in [-0.2, 0) is 9.59 Å². The summed E-state index contributed by atoms with van der Waals surface area (Å²) in [5.41, 5.74) is 0.0321. The molecular formula is C14H8O6. The molecule has 0 saturated heterocycles. The Morgan fingerprint density at radius 1 is 0.650 bits per heavy atom. The van der Waals surface area contributed by atoms with E-state index in [-0.39, 0.29) is 11.1 Å². The van der Waals surface area contributed by atoms with Gasteiger partial charge in [0.2, 0.25) is 0 Å². The van der Waals surface area contributed by atoms with Crippen molar-refractivity contribution in [2.75, 3.05) is 0 Å². The van der Waals surface area contributed by atoms with Gasteiger partial charge in [0.05, 0.1) is 0 Å². The van der Waals surface area contributed by atoms with Crippen LogP contribution in [0.25, 0.3) is 10.8 Å². The van der Waals surface area contributed by atoms with Gasteiger partial charge in [0.25, 0.3) is 11.6 Å². The highest BCUT2D eigenvalue weighted by molar-refractivity contribution is 6.41. The number of Topliss-reactive ketones (excluding diaryl/α,β-unsaturated/α-hetero) is 2. The molecule has 0 amide bonds. The molecule has 0 fully saturated rings. The average Bonchev–Trinajstić information content (AvgIpc) is 2.44. The fourth-order valence-corrected chi connectivity index (χ4v) is 1.78. The van der Waals surface area contributed by atoms with E-state index in [0.29, 0.717) is 10.8 Å². The number of hydrogen-bond acceptors (Lipinski definition) is 4. The minimum absolute atomic E-state index is 0.0160. The minimum atomic E-state index is -1.55. The molecule has 2 N–H and O–H groups in total. The Hall–Kier alpha value is -3.02. The Morgan fingerprint density at radius 3 is 1.30 bits per heavy atom. The van der Waals surface area contributed by atoms with E-state index in [0.717, 1.165) is 0 Å². The van der Waals surface area contributed by atoms with Crippen LogP contribution in [0.5, 0.6) is 0 Å². The van der Waals surface area contributed by atoms with E-state index in [1.165, 1.54) is 36.4 Å². The van der Waals surface area contributed by atoms with Gasteiger partial charge in [0.1, 0.15) is 0 Å². The van der Waals surface area contributed by atoms with Gasteiger partial charge in [0.15, 0.2) is 0 Å². The zero-order valence-corrected chi connectivity index (χ0v) is 9.99. The van der Waals surface area contributed by atoms with E-state index < -0.39 is 23.5 Å². The van der Waals surface area contributed by atoms with Gasteiger partial charge in [0, 0.05) is 11.1 Å². The summed E-state index contributed by atoms with van der Waals surface area (Å²) >= 11 is 0. The highest BCUT2D eigenvalue weighted by Gasteiger charge is 2.17. The van der Waals surface area contributed by atoms with Crippen molar-refractivity contribution in [3.63, 3.8) is 0 Å². The molecule has 0 heterocycles. The Bertz CT molecular complexity index is 694. The lowest BCUT2D eigenvalue weighted by Crippen LogP contribution is -2.13. The third-order valence-corrected chi connectivity index (χ3v) is 2.75. The Labute approximate surface area is 112 Å². The number of carbonyl (C=O) groups excluding carboxylic acids is 2. The predicted octanol–water partition coefficient (Wildman–Crippen LogP) is 1.37. The van der Waals surface area contributed by atoms with Crippen LogP contribution >= 0.6 is 0 Å². The van der Waals surface area contributed by atoms with Crippen LogP contribution in [0.4, 0.5) is 0 Å². The van der Waals surface area contributed by atoms with E-state index in [4.69, 9.17) is 10.2 Å². The van der Waals surface area contributed by atoms with Crippen molar-refractivity contribution in [3.05, 3.63) is 47.5 Å².